The van der Waals surface area contributed by atoms with E-state index in [9.17, 15) is 32.3 Å². The average molecular weight is 493 g/mol. The number of ether oxygens (including phenoxy) is 1. The Morgan fingerprint density at radius 3 is 2.20 bits per heavy atom. The molecule has 0 amide bonds. The molecule has 3 aromatic rings. The first-order valence-electron chi connectivity index (χ1n) is 11.2. The molecular formula is C26H27F4NO4. The van der Waals surface area contributed by atoms with Gasteiger partial charge in [-0.05, 0) is 62.6 Å². The summed E-state index contributed by atoms with van der Waals surface area (Å²) in [6.45, 7) is 8.72. The van der Waals surface area contributed by atoms with Gasteiger partial charge in [0.1, 0.15) is 0 Å². The third-order valence-electron chi connectivity index (χ3n) is 6.11. The van der Waals surface area contributed by atoms with Gasteiger partial charge < -0.3 is 9.84 Å². The van der Waals surface area contributed by atoms with Crippen LogP contribution in [-0.4, -0.2) is 27.7 Å². The molecule has 0 aliphatic rings. The lowest BCUT2D eigenvalue weighted by Gasteiger charge is -2.23. The molecule has 1 unspecified atom stereocenters. The normalized spacial score (nSPS) is 13.8. The van der Waals surface area contributed by atoms with E-state index in [2.05, 4.69) is 0 Å². The van der Waals surface area contributed by atoms with Gasteiger partial charge in [-0.15, -0.1) is 0 Å². The Kier molecular flexibility index (Phi) is 7.29. The summed E-state index contributed by atoms with van der Waals surface area (Å²) in [6, 6.07) is 5.82. The van der Waals surface area contributed by atoms with Gasteiger partial charge in [0.15, 0.2) is 11.6 Å². The molecule has 0 radical (unpaired) electrons. The summed E-state index contributed by atoms with van der Waals surface area (Å²) in [7, 11) is 0. The number of rotatable bonds is 6. The molecule has 1 N–H and O–H groups in total. The Morgan fingerprint density at radius 2 is 1.69 bits per heavy atom. The van der Waals surface area contributed by atoms with E-state index in [0.717, 1.165) is 41.0 Å². The van der Waals surface area contributed by atoms with E-state index >= 15 is 0 Å². The minimum atomic E-state index is -4.56. The summed E-state index contributed by atoms with van der Waals surface area (Å²) in [5.41, 5.74) is -0.171. The van der Waals surface area contributed by atoms with E-state index in [1.165, 1.54) is 0 Å². The van der Waals surface area contributed by atoms with Crippen LogP contribution in [0, 0.1) is 18.7 Å². The summed E-state index contributed by atoms with van der Waals surface area (Å²) < 4.78 is 59.9. The average Bonchev–Trinajstić information content (AvgIpc) is 3.03. The van der Waals surface area contributed by atoms with E-state index in [-0.39, 0.29) is 22.4 Å². The fourth-order valence-corrected chi connectivity index (χ4v) is 4.21. The Hall–Kier alpha value is -3.36. The van der Waals surface area contributed by atoms with Crippen LogP contribution in [-0.2, 0) is 15.7 Å². The number of halogens is 4. The molecule has 2 aromatic carbocycles. The topological polar surface area (TPSA) is 68.5 Å². The van der Waals surface area contributed by atoms with E-state index in [0.29, 0.717) is 17.7 Å². The molecule has 5 nitrogen and oxygen atoms in total. The minimum absolute atomic E-state index is 0.0529. The first-order valence-corrected chi connectivity index (χ1v) is 11.2. The lowest BCUT2D eigenvalue weighted by molar-refractivity contribution is -0.150. The number of fused-ring (bicyclic) bond motifs is 1. The summed E-state index contributed by atoms with van der Waals surface area (Å²) in [4.78, 5) is 26.6. The Labute approximate surface area is 200 Å². The van der Waals surface area contributed by atoms with E-state index in [4.69, 9.17) is 4.74 Å². The van der Waals surface area contributed by atoms with Gasteiger partial charge in [0.25, 0.3) is 5.91 Å². The van der Waals surface area contributed by atoms with Crippen LogP contribution < -0.4 is 0 Å². The van der Waals surface area contributed by atoms with Crippen molar-refractivity contribution in [2.24, 2.45) is 5.92 Å². The number of esters is 1. The molecule has 0 bridgehead atoms. The summed E-state index contributed by atoms with van der Waals surface area (Å²) in [5, 5.41) is 10.4. The fraction of sp³-hybridized carbons (Fsp3) is 0.385. The number of carbonyl (C=O) groups excluding carboxylic acids is 2. The zero-order valence-corrected chi connectivity index (χ0v) is 20.0. The largest absolute Gasteiger partial charge is 0.505 e. The highest BCUT2D eigenvalue weighted by molar-refractivity contribution is 6.05. The summed E-state index contributed by atoms with van der Waals surface area (Å²) in [6.07, 6.45) is -4.38. The number of phenolic OH excluding ortho intramolecular Hbond substituents is 1. The maximum Gasteiger partial charge on any atom is 0.416 e. The zero-order chi connectivity index (χ0) is 26.2. The molecule has 0 spiro atoms. The van der Waals surface area contributed by atoms with Crippen LogP contribution in [0.1, 0.15) is 67.2 Å². The van der Waals surface area contributed by atoms with Crippen molar-refractivity contribution < 1.29 is 37.0 Å². The van der Waals surface area contributed by atoms with Gasteiger partial charge in [0.2, 0.25) is 0 Å². The molecule has 0 saturated heterocycles. The predicted octanol–water partition coefficient (Wildman–Crippen LogP) is 6.58. The number of aromatic nitrogens is 1. The van der Waals surface area contributed by atoms with Crippen molar-refractivity contribution in [3.8, 4) is 5.75 Å². The highest BCUT2D eigenvalue weighted by Crippen LogP contribution is 2.40. The predicted molar refractivity (Wildman–Crippen MR) is 123 cm³/mol. The SMILES string of the molecule is CCC(C)[C@H](C(=O)OC(C)C)c1c(C)n(C(=O)c2ccc(C(F)(F)F)cc2)c2cc(F)c(O)cc12. The van der Waals surface area contributed by atoms with Crippen molar-refractivity contribution in [3.05, 3.63) is 64.6 Å². The van der Waals surface area contributed by atoms with Crippen molar-refractivity contribution in [2.45, 2.75) is 59.2 Å². The molecule has 188 valence electrons. The standard InChI is InChI=1S/C26H27F4NO4/c1-6-14(4)22(25(34)35-13(2)3)23-15(5)31(20-12-19(27)21(32)11-18(20)23)24(33)16-7-9-17(10-8-16)26(28,29)30/h7-14,22,32H,6H2,1-5H3/t14?,22-/m0/s1. The van der Waals surface area contributed by atoms with Crippen LogP contribution in [0.3, 0.4) is 0 Å². The maximum atomic E-state index is 14.4. The van der Waals surface area contributed by atoms with Gasteiger partial charge in [-0.1, -0.05) is 20.3 Å². The molecule has 1 aromatic heterocycles. The van der Waals surface area contributed by atoms with Crippen molar-refractivity contribution in [3.63, 3.8) is 0 Å². The van der Waals surface area contributed by atoms with Crippen LogP contribution in [0.15, 0.2) is 36.4 Å². The second kappa shape index (κ2) is 9.71. The first kappa shape index (κ1) is 26.2. The molecule has 0 aliphatic heterocycles. The molecule has 0 fully saturated rings. The quantitative estimate of drug-likeness (QED) is 0.311. The molecule has 2 atom stereocenters. The summed E-state index contributed by atoms with van der Waals surface area (Å²) >= 11 is 0. The van der Waals surface area contributed by atoms with Crippen LogP contribution in [0.4, 0.5) is 17.6 Å². The first-order chi connectivity index (χ1) is 16.3. The van der Waals surface area contributed by atoms with Crippen LogP contribution in [0.5, 0.6) is 5.75 Å². The second-order valence-electron chi connectivity index (χ2n) is 8.88. The van der Waals surface area contributed by atoms with Crippen LogP contribution in [0.2, 0.25) is 0 Å². The number of alkyl halides is 3. The number of nitrogens with zero attached hydrogens (tertiary/aromatic N) is 1. The van der Waals surface area contributed by atoms with Gasteiger partial charge in [-0.3, -0.25) is 14.2 Å². The van der Waals surface area contributed by atoms with Crippen LogP contribution in [0.25, 0.3) is 10.9 Å². The maximum absolute atomic E-state index is 14.4. The van der Waals surface area contributed by atoms with Crippen LogP contribution >= 0.6 is 0 Å². The third-order valence-corrected chi connectivity index (χ3v) is 6.11. The van der Waals surface area contributed by atoms with Crippen molar-refractivity contribution in [2.75, 3.05) is 0 Å². The number of hydrogen-bond acceptors (Lipinski definition) is 4. The van der Waals surface area contributed by atoms with Crippen molar-refractivity contribution in [1.82, 2.24) is 4.57 Å². The second-order valence-corrected chi connectivity index (χ2v) is 8.88. The molecule has 0 aliphatic carbocycles. The summed E-state index contributed by atoms with van der Waals surface area (Å²) in [5.74, 6) is -3.91. The van der Waals surface area contributed by atoms with E-state index in [1.54, 1.807) is 20.8 Å². The number of benzene rings is 2. The highest BCUT2D eigenvalue weighted by atomic mass is 19.4. The van der Waals surface area contributed by atoms with Gasteiger partial charge in [0, 0.05) is 22.7 Å². The molecular weight excluding hydrogens is 466 g/mol. The van der Waals surface area contributed by atoms with Crippen molar-refractivity contribution in [1.29, 1.82) is 0 Å². The highest BCUT2D eigenvalue weighted by Gasteiger charge is 2.35. The van der Waals surface area contributed by atoms with E-state index in [1.807, 2.05) is 13.8 Å². The number of phenols is 1. The molecule has 9 heteroatoms. The molecule has 0 saturated carbocycles. The lowest BCUT2D eigenvalue weighted by Crippen LogP contribution is -2.25. The molecule has 35 heavy (non-hydrogen) atoms. The number of hydrogen-bond donors (Lipinski definition) is 1. The fourth-order valence-electron chi connectivity index (χ4n) is 4.21. The zero-order valence-electron chi connectivity index (χ0n) is 20.0. The van der Waals surface area contributed by atoms with Gasteiger partial charge in [-0.2, -0.15) is 13.2 Å². The Balaban J connectivity index is 2.27. The van der Waals surface area contributed by atoms with E-state index < -0.39 is 47.2 Å². The Morgan fingerprint density at radius 1 is 1.09 bits per heavy atom. The van der Waals surface area contributed by atoms with Gasteiger partial charge in [-0.25, -0.2) is 4.39 Å². The smallest absolute Gasteiger partial charge is 0.416 e. The minimum Gasteiger partial charge on any atom is -0.505 e. The molecule has 1 heterocycles. The number of aromatic hydroxyl groups is 1. The number of carbonyl (C=O) groups is 2. The van der Waals surface area contributed by atoms with Gasteiger partial charge >= 0.3 is 12.1 Å². The monoisotopic (exact) mass is 493 g/mol. The van der Waals surface area contributed by atoms with Crippen molar-refractivity contribution >= 4 is 22.8 Å². The van der Waals surface area contributed by atoms with Gasteiger partial charge in [0.05, 0.1) is 23.1 Å². The Bertz CT molecular complexity index is 1260. The third kappa shape index (κ3) is 5.04. The molecule has 3 rings (SSSR count). The lowest BCUT2D eigenvalue weighted by atomic mass is 9.84.